The van der Waals surface area contributed by atoms with Crippen molar-refractivity contribution in [2.45, 2.75) is 31.7 Å². The third kappa shape index (κ3) is 2.49. The molecule has 4 rings (SSSR count). The lowest BCUT2D eigenvalue weighted by molar-refractivity contribution is 0.188. The molecule has 7 heteroatoms. The van der Waals surface area contributed by atoms with Crippen molar-refractivity contribution in [1.29, 1.82) is 0 Å². The van der Waals surface area contributed by atoms with Gasteiger partial charge in [0, 0.05) is 50.9 Å². The van der Waals surface area contributed by atoms with Gasteiger partial charge in [0.05, 0.1) is 6.04 Å². The van der Waals surface area contributed by atoms with Crippen LogP contribution >= 0.6 is 0 Å². The number of piperazine rings is 1. The summed E-state index contributed by atoms with van der Waals surface area (Å²) in [5, 5.41) is 15.9. The number of hydrogen-bond acceptors (Lipinski definition) is 5. The quantitative estimate of drug-likeness (QED) is 0.922. The van der Waals surface area contributed by atoms with Crippen molar-refractivity contribution in [3.8, 4) is 0 Å². The first-order valence-corrected chi connectivity index (χ1v) is 8.10. The lowest BCUT2D eigenvalue weighted by atomic mass is 10.2. The summed E-state index contributed by atoms with van der Waals surface area (Å²) in [5.41, 5.74) is 1.31. The molecular formula is C15H23N7. The van der Waals surface area contributed by atoms with Crippen LogP contribution in [-0.4, -0.2) is 56.0 Å². The van der Waals surface area contributed by atoms with Gasteiger partial charge in [0.2, 0.25) is 0 Å². The fourth-order valence-electron chi connectivity index (χ4n) is 3.26. The fraction of sp³-hybridized carbons (Fsp3) is 0.667. The molecule has 1 N–H and O–H groups in total. The number of anilines is 1. The van der Waals surface area contributed by atoms with Crippen LogP contribution in [-0.2, 0) is 7.05 Å². The molecule has 2 aromatic rings. The molecule has 1 atom stereocenters. The van der Waals surface area contributed by atoms with Gasteiger partial charge in [-0.25, -0.2) is 0 Å². The summed E-state index contributed by atoms with van der Waals surface area (Å²) in [7, 11) is 2.01. The van der Waals surface area contributed by atoms with E-state index in [9.17, 15) is 0 Å². The monoisotopic (exact) mass is 301 g/mol. The van der Waals surface area contributed by atoms with E-state index in [1.807, 2.05) is 11.6 Å². The molecule has 1 saturated heterocycles. The molecule has 0 spiro atoms. The molecule has 7 nitrogen and oxygen atoms in total. The zero-order chi connectivity index (χ0) is 15.1. The van der Waals surface area contributed by atoms with Crippen molar-refractivity contribution >= 4 is 5.82 Å². The van der Waals surface area contributed by atoms with E-state index in [1.165, 1.54) is 18.5 Å². The normalized spacial score (nSPS) is 21.3. The van der Waals surface area contributed by atoms with Crippen LogP contribution in [0.15, 0.2) is 12.4 Å². The van der Waals surface area contributed by atoms with Crippen LogP contribution in [0.2, 0.25) is 0 Å². The van der Waals surface area contributed by atoms with Crippen molar-refractivity contribution in [2.75, 3.05) is 31.1 Å². The van der Waals surface area contributed by atoms with E-state index < -0.39 is 0 Å². The van der Waals surface area contributed by atoms with Crippen molar-refractivity contribution in [2.24, 2.45) is 7.05 Å². The minimum Gasteiger partial charge on any atom is -0.353 e. The highest BCUT2D eigenvalue weighted by molar-refractivity contribution is 5.41. The second-order valence-electron chi connectivity index (χ2n) is 6.45. The predicted octanol–water partition coefficient (Wildman–Crippen LogP) is 1.30. The molecule has 1 aliphatic heterocycles. The zero-order valence-corrected chi connectivity index (χ0v) is 13.2. The molecule has 3 heterocycles. The number of rotatable bonds is 4. The van der Waals surface area contributed by atoms with Gasteiger partial charge in [-0.3, -0.25) is 10.00 Å². The lowest BCUT2D eigenvalue weighted by Gasteiger charge is -2.37. The highest BCUT2D eigenvalue weighted by Gasteiger charge is 2.28. The Bertz CT molecular complexity index is 634. The molecular weight excluding hydrogens is 278 g/mol. The van der Waals surface area contributed by atoms with Gasteiger partial charge in [-0.05, 0) is 19.8 Å². The Hall–Kier alpha value is -1.89. The average Bonchev–Trinajstić information content (AvgIpc) is 3.12. The summed E-state index contributed by atoms with van der Waals surface area (Å²) in [6.45, 7) is 6.28. The predicted molar refractivity (Wildman–Crippen MR) is 83.8 cm³/mol. The Morgan fingerprint density at radius 2 is 2.00 bits per heavy atom. The molecule has 1 unspecified atom stereocenters. The molecule has 118 valence electrons. The molecule has 2 aliphatic rings. The maximum Gasteiger partial charge on any atom is 0.150 e. The molecule has 1 saturated carbocycles. The topological polar surface area (TPSA) is 65.9 Å². The smallest absolute Gasteiger partial charge is 0.150 e. The molecule has 0 bridgehead atoms. The van der Waals surface area contributed by atoms with Gasteiger partial charge >= 0.3 is 0 Å². The van der Waals surface area contributed by atoms with E-state index in [0.717, 1.165) is 43.7 Å². The Kier molecular flexibility index (Phi) is 3.37. The summed E-state index contributed by atoms with van der Waals surface area (Å²) in [4.78, 5) is 4.84. The van der Waals surface area contributed by atoms with Gasteiger partial charge in [-0.2, -0.15) is 5.10 Å². The van der Waals surface area contributed by atoms with E-state index in [-0.39, 0.29) is 0 Å². The summed E-state index contributed by atoms with van der Waals surface area (Å²) in [6, 6.07) is 2.54. The van der Waals surface area contributed by atoms with Gasteiger partial charge in [-0.15, -0.1) is 10.2 Å². The van der Waals surface area contributed by atoms with Gasteiger partial charge in [0.15, 0.2) is 5.82 Å². The van der Waals surface area contributed by atoms with E-state index in [2.05, 4.69) is 43.2 Å². The van der Waals surface area contributed by atoms with Crippen LogP contribution in [0.4, 0.5) is 5.82 Å². The third-order valence-corrected chi connectivity index (χ3v) is 4.91. The maximum absolute atomic E-state index is 4.49. The van der Waals surface area contributed by atoms with Crippen LogP contribution < -0.4 is 4.90 Å². The highest BCUT2D eigenvalue weighted by Crippen LogP contribution is 2.39. The SMILES string of the molecule is CC(c1nncn1C)N1CCN(c2cc(C3CC3)[nH]n2)CC1. The molecule has 1 aliphatic carbocycles. The number of hydrogen-bond donors (Lipinski definition) is 1. The van der Waals surface area contributed by atoms with Gasteiger partial charge < -0.3 is 9.47 Å². The van der Waals surface area contributed by atoms with Crippen LogP contribution in [0, 0.1) is 0 Å². The first kappa shape index (κ1) is 13.8. The first-order valence-electron chi connectivity index (χ1n) is 8.10. The van der Waals surface area contributed by atoms with Gasteiger partial charge in [-0.1, -0.05) is 0 Å². The molecule has 2 aromatic heterocycles. The molecule has 22 heavy (non-hydrogen) atoms. The number of aromatic amines is 1. The summed E-state index contributed by atoms with van der Waals surface area (Å²) < 4.78 is 2.01. The Morgan fingerprint density at radius 1 is 1.23 bits per heavy atom. The van der Waals surface area contributed by atoms with Crippen molar-refractivity contribution < 1.29 is 0 Å². The molecule has 0 aromatic carbocycles. The number of nitrogens with zero attached hydrogens (tertiary/aromatic N) is 6. The second-order valence-corrected chi connectivity index (χ2v) is 6.45. The Labute approximate surface area is 130 Å². The molecule has 0 amide bonds. The summed E-state index contributed by atoms with van der Waals surface area (Å²) >= 11 is 0. The average molecular weight is 301 g/mol. The van der Waals surface area contributed by atoms with Crippen molar-refractivity contribution in [3.63, 3.8) is 0 Å². The van der Waals surface area contributed by atoms with E-state index in [4.69, 9.17) is 0 Å². The largest absolute Gasteiger partial charge is 0.353 e. The lowest BCUT2D eigenvalue weighted by Crippen LogP contribution is -2.47. The summed E-state index contributed by atoms with van der Waals surface area (Å²) in [6.07, 6.45) is 4.39. The van der Waals surface area contributed by atoms with E-state index in [1.54, 1.807) is 6.33 Å². The standard InChI is InChI=1S/C15H23N7/c1-11(15-19-16-10-20(15)2)21-5-7-22(8-6-21)14-9-13(17-18-14)12-3-4-12/h9-12H,3-8H2,1-2H3,(H,17,18). The molecule has 2 fully saturated rings. The number of H-pyrrole nitrogens is 1. The highest BCUT2D eigenvalue weighted by atomic mass is 15.3. The second kappa shape index (κ2) is 5.39. The summed E-state index contributed by atoms with van der Waals surface area (Å²) in [5.74, 6) is 2.87. The van der Waals surface area contributed by atoms with Crippen LogP contribution in [0.3, 0.4) is 0 Å². The minimum atomic E-state index is 0.302. The third-order valence-electron chi connectivity index (χ3n) is 4.91. The maximum atomic E-state index is 4.49. The van der Waals surface area contributed by atoms with Crippen molar-refractivity contribution in [3.05, 3.63) is 23.9 Å². The zero-order valence-electron chi connectivity index (χ0n) is 13.2. The van der Waals surface area contributed by atoms with Gasteiger partial charge in [0.1, 0.15) is 12.2 Å². The van der Waals surface area contributed by atoms with Crippen LogP contribution in [0.25, 0.3) is 0 Å². The van der Waals surface area contributed by atoms with E-state index in [0.29, 0.717) is 6.04 Å². The van der Waals surface area contributed by atoms with Gasteiger partial charge in [0.25, 0.3) is 0 Å². The Balaban J connectivity index is 1.38. The van der Waals surface area contributed by atoms with E-state index >= 15 is 0 Å². The number of nitrogens with one attached hydrogen (secondary N) is 1. The van der Waals surface area contributed by atoms with Crippen molar-refractivity contribution in [1.82, 2.24) is 29.9 Å². The molecule has 0 radical (unpaired) electrons. The fourth-order valence-corrected chi connectivity index (χ4v) is 3.26. The van der Waals surface area contributed by atoms with Crippen LogP contribution in [0.5, 0.6) is 0 Å². The minimum absolute atomic E-state index is 0.302. The Morgan fingerprint density at radius 3 is 2.64 bits per heavy atom. The van der Waals surface area contributed by atoms with Crippen LogP contribution in [0.1, 0.15) is 43.2 Å². The first-order chi connectivity index (χ1) is 10.7. The number of aromatic nitrogens is 5. The number of aryl methyl sites for hydroxylation is 1.